The van der Waals surface area contributed by atoms with Gasteiger partial charge in [0.2, 0.25) is 0 Å². The Labute approximate surface area is 397 Å². The second-order valence-electron chi connectivity index (χ2n) is 15.0. The standard InChI is InChI=1S/C20H49N9O3.C15H38N8O2.C3H6O.C2H7NO.H2O/c1-20(2,31-17-6-24)32-18-10-27-19(30)26-9-14-29(13-8-25-7-3-21)16-15-28(11-4-22)12-5-23;16-1-4-19-5-10-23(11-6-20-15(25)21-7-14-24)13-12-22(8-2-17)9-3-18;1-3(2)4;3-1-2-4;/h25H,3-18,21-24H2,1-2H3,(H2,26,27,30);19,24H,1-14,16-18H2,(H2,20,21,25);1-2H3;4H,1-3H2;1H2/p+1. The van der Waals surface area contributed by atoms with Gasteiger partial charge in [0, 0.05) is 183 Å². The number of carbonyl (C=O) groups is 3. The number of hydrogen-bond acceptors (Lipinski definition) is 21. The summed E-state index contributed by atoms with van der Waals surface area (Å²) in [7, 11) is 0. The molecule has 0 aromatic rings. The molecule has 0 atom stereocenters. The molecule has 0 radical (unpaired) electrons. The summed E-state index contributed by atoms with van der Waals surface area (Å²) < 4.78 is 11.1. The molecule has 400 valence electrons. The number of nitrogens with two attached hydrogens (primary N) is 8. The predicted molar refractivity (Wildman–Crippen MR) is 268 cm³/mol. The van der Waals surface area contributed by atoms with Gasteiger partial charge in [0.05, 0.1) is 26.4 Å². The summed E-state index contributed by atoms with van der Waals surface area (Å²) in [6.45, 7) is 27.1. The Kier molecular flexibility index (Phi) is 62.3. The van der Waals surface area contributed by atoms with E-state index < -0.39 is 5.79 Å². The molecule has 26 nitrogen and oxygen atoms in total. The first-order chi connectivity index (χ1) is 31.2. The monoisotopic (exact) mass is 964 g/mol. The van der Waals surface area contributed by atoms with Crippen LogP contribution in [0.5, 0.6) is 0 Å². The summed E-state index contributed by atoms with van der Waals surface area (Å²) in [6, 6.07) is -0.480. The number of nitrogens with one attached hydrogen (secondary N) is 6. The molecular formula is C40H103N18O8+. The highest BCUT2D eigenvalue weighted by molar-refractivity contribution is 5.74. The van der Waals surface area contributed by atoms with Crippen LogP contribution < -0.4 is 77.8 Å². The normalized spacial score (nSPS) is 10.9. The van der Waals surface area contributed by atoms with E-state index in [4.69, 9.17) is 65.6 Å². The molecule has 26 heteroatoms. The van der Waals surface area contributed by atoms with E-state index in [1.807, 2.05) is 13.8 Å². The molecule has 0 aromatic heterocycles. The lowest BCUT2D eigenvalue weighted by Crippen LogP contribution is -2.46. The highest BCUT2D eigenvalue weighted by atomic mass is 16.7. The summed E-state index contributed by atoms with van der Waals surface area (Å²) in [5.41, 5.74) is 43.9. The number of nitrogens with zero attached hydrogens (tertiary/aromatic N) is 4. The van der Waals surface area contributed by atoms with Crippen LogP contribution in [-0.4, -0.2) is 263 Å². The Morgan fingerprint density at radius 2 is 0.742 bits per heavy atom. The van der Waals surface area contributed by atoms with Gasteiger partial charge >= 0.3 is 12.1 Å². The minimum Gasteiger partial charge on any atom is -0.457 e. The fraction of sp³-hybridized carbons (Fsp3) is 0.925. The Morgan fingerprint density at radius 3 is 1.06 bits per heavy atom. The second-order valence-corrected chi connectivity index (χ2v) is 15.0. The van der Waals surface area contributed by atoms with Crippen molar-refractivity contribution in [2.45, 2.75) is 33.5 Å². The molecule has 0 rings (SSSR count). The number of carbonyl (C=O) groups excluding carboxylic acids is 3. The van der Waals surface area contributed by atoms with Crippen LogP contribution >= 0.6 is 0 Å². The Morgan fingerprint density at radius 1 is 0.424 bits per heavy atom. The van der Waals surface area contributed by atoms with Crippen molar-refractivity contribution in [3.8, 4) is 0 Å². The van der Waals surface area contributed by atoms with Gasteiger partial charge in [0.25, 0.3) is 0 Å². The SMILES string of the molecule is CC(C)(OCCN)OCCNC(=O)NCCN(CCNCCN)CCN(CCN)CCN.CC(C)=O.NCCNCCN(CCNC(=O)NCCO)CCN(CCN)CCN.NCCO.[OH3+]. The van der Waals surface area contributed by atoms with Gasteiger partial charge in [-0.15, -0.1) is 0 Å². The van der Waals surface area contributed by atoms with Crippen LogP contribution in [0, 0.1) is 0 Å². The zero-order valence-corrected chi connectivity index (χ0v) is 41.5. The van der Waals surface area contributed by atoms with Crippen LogP contribution in [0.1, 0.15) is 27.7 Å². The molecule has 4 amide bonds. The van der Waals surface area contributed by atoms with Crippen molar-refractivity contribution >= 4 is 17.8 Å². The average Bonchev–Trinajstić information content (AvgIpc) is 3.27. The highest BCUT2D eigenvalue weighted by Gasteiger charge is 2.18. The summed E-state index contributed by atoms with van der Waals surface area (Å²) in [6.07, 6.45) is 0. The van der Waals surface area contributed by atoms with Gasteiger partial charge in [0.15, 0.2) is 5.79 Å². The van der Waals surface area contributed by atoms with Gasteiger partial charge in [0.1, 0.15) is 5.78 Å². The van der Waals surface area contributed by atoms with Crippen LogP contribution in [0.3, 0.4) is 0 Å². The van der Waals surface area contributed by atoms with Crippen molar-refractivity contribution in [3.63, 3.8) is 0 Å². The molecule has 0 aliphatic carbocycles. The third-order valence-electron chi connectivity index (χ3n) is 8.46. The molecule has 0 unspecified atom stereocenters. The van der Waals surface area contributed by atoms with Crippen molar-refractivity contribution in [2.75, 3.05) is 210 Å². The largest absolute Gasteiger partial charge is 0.457 e. The van der Waals surface area contributed by atoms with E-state index in [1.54, 1.807) is 0 Å². The summed E-state index contributed by atoms with van der Waals surface area (Å²) >= 11 is 0. The first-order valence-electron chi connectivity index (χ1n) is 23.1. The summed E-state index contributed by atoms with van der Waals surface area (Å²) in [5, 5.41) is 34.1. The Bertz CT molecular complexity index is 1000. The molecule has 66 heavy (non-hydrogen) atoms. The lowest BCUT2D eigenvalue weighted by Gasteiger charge is -2.27. The molecule has 27 N–H and O–H groups in total. The van der Waals surface area contributed by atoms with Crippen LogP contribution in [-0.2, 0) is 19.7 Å². The molecular weight excluding hydrogens is 861 g/mol. The first-order valence-corrected chi connectivity index (χ1v) is 23.1. The van der Waals surface area contributed by atoms with Gasteiger partial charge in [-0.05, 0) is 27.7 Å². The molecule has 0 heterocycles. The van der Waals surface area contributed by atoms with E-state index in [0.29, 0.717) is 85.2 Å². The number of hydrogen-bond donors (Lipinski definition) is 16. The van der Waals surface area contributed by atoms with E-state index in [0.717, 1.165) is 105 Å². The second kappa shape index (κ2) is 56.8. The quantitative estimate of drug-likeness (QED) is 0.0154. The third kappa shape index (κ3) is 59.5. The van der Waals surface area contributed by atoms with Gasteiger partial charge < -0.3 is 108 Å². The maximum atomic E-state index is 12.1. The molecule has 0 aliphatic rings. The zero-order chi connectivity index (χ0) is 49.8. The van der Waals surface area contributed by atoms with Crippen LogP contribution in [0.25, 0.3) is 0 Å². The number of Topliss-reactive ketones (excluding diaryl/α,β-unsaturated/α-hetero) is 1. The van der Waals surface area contributed by atoms with E-state index >= 15 is 0 Å². The maximum Gasteiger partial charge on any atom is 0.314 e. The van der Waals surface area contributed by atoms with Gasteiger partial charge in [-0.25, -0.2) is 9.59 Å². The lowest BCUT2D eigenvalue weighted by molar-refractivity contribution is -0.210. The number of aliphatic hydroxyl groups excluding tert-OH is 2. The molecule has 0 aliphatic heterocycles. The van der Waals surface area contributed by atoms with E-state index in [-0.39, 0.29) is 43.1 Å². The van der Waals surface area contributed by atoms with Crippen LogP contribution in [0.4, 0.5) is 9.59 Å². The molecule has 0 spiro atoms. The van der Waals surface area contributed by atoms with E-state index in [9.17, 15) is 14.4 Å². The minimum absolute atomic E-state index is 0. The molecule has 0 bridgehead atoms. The topological polar surface area (TPSA) is 436 Å². The van der Waals surface area contributed by atoms with Crippen molar-refractivity contribution < 1.29 is 39.5 Å². The van der Waals surface area contributed by atoms with Gasteiger partial charge in [-0.1, -0.05) is 0 Å². The molecule has 0 saturated heterocycles. The van der Waals surface area contributed by atoms with Crippen LogP contribution in [0.2, 0.25) is 0 Å². The van der Waals surface area contributed by atoms with E-state index in [2.05, 4.69) is 51.5 Å². The molecule has 0 aromatic carbocycles. The Balaban J connectivity index is -0.000000324. The zero-order valence-electron chi connectivity index (χ0n) is 41.5. The maximum absolute atomic E-state index is 12.1. The van der Waals surface area contributed by atoms with Crippen molar-refractivity contribution in [1.29, 1.82) is 0 Å². The lowest BCUT2D eigenvalue weighted by atomic mass is 10.3. The number of ketones is 1. The van der Waals surface area contributed by atoms with Crippen molar-refractivity contribution in [2.24, 2.45) is 45.9 Å². The Hall–Kier alpha value is -2.55. The van der Waals surface area contributed by atoms with Crippen molar-refractivity contribution in [1.82, 2.24) is 51.5 Å². The first kappa shape index (κ1) is 72.4. The number of amides is 4. The van der Waals surface area contributed by atoms with Gasteiger partial charge in [-0.3, -0.25) is 19.6 Å². The smallest absolute Gasteiger partial charge is 0.314 e. The fourth-order valence-electron chi connectivity index (χ4n) is 5.32. The summed E-state index contributed by atoms with van der Waals surface area (Å²) in [5.74, 6) is -0.558. The number of aliphatic hydroxyl groups is 2. The van der Waals surface area contributed by atoms with E-state index in [1.165, 1.54) is 13.8 Å². The number of urea groups is 2. The summed E-state index contributed by atoms with van der Waals surface area (Å²) in [4.78, 5) is 42.1. The highest BCUT2D eigenvalue weighted by Crippen LogP contribution is 2.09. The molecule has 0 fully saturated rings. The fourth-order valence-corrected chi connectivity index (χ4v) is 5.32. The minimum atomic E-state index is -0.725. The van der Waals surface area contributed by atoms with Crippen LogP contribution in [0.15, 0.2) is 0 Å². The third-order valence-corrected chi connectivity index (χ3v) is 8.46. The number of ether oxygens (including phenoxy) is 2. The predicted octanol–water partition coefficient (Wildman–Crippen LogP) is -7.96. The van der Waals surface area contributed by atoms with Crippen molar-refractivity contribution in [3.05, 3.63) is 0 Å². The number of rotatable bonds is 40. The molecule has 0 saturated carbocycles. The van der Waals surface area contributed by atoms with Gasteiger partial charge in [-0.2, -0.15) is 0 Å². The average molecular weight is 964 g/mol.